The van der Waals surface area contributed by atoms with Gasteiger partial charge in [0, 0.05) is 10.6 Å². The highest BCUT2D eigenvalue weighted by Gasteiger charge is 2.51. The van der Waals surface area contributed by atoms with E-state index in [1.807, 2.05) is 32.9 Å². The van der Waals surface area contributed by atoms with E-state index in [2.05, 4.69) is 5.32 Å². The monoisotopic (exact) mass is 384 g/mol. The van der Waals surface area contributed by atoms with Gasteiger partial charge < -0.3 is 5.32 Å². The largest absolute Gasteiger partial charge is 0.325 e. The SMILES string of the molecule is CCC1(c2ccc(Cl)cc2)NC(=O)N(CC(=O)c2cc(C)ccc2C)C1=O. The molecule has 3 amide bonds. The molecule has 2 aromatic rings. The number of aryl methyl sites for hydroxylation is 2. The lowest BCUT2D eigenvalue weighted by atomic mass is 9.87. The second kappa shape index (κ2) is 7.16. The van der Waals surface area contributed by atoms with Crippen LogP contribution in [0.4, 0.5) is 4.79 Å². The maximum absolute atomic E-state index is 13.1. The third-order valence-corrected chi connectivity index (χ3v) is 5.29. The molecule has 27 heavy (non-hydrogen) atoms. The molecule has 3 rings (SSSR count). The Kier molecular flexibility index (Phi) is 5.07. The van der Waals surface area contributed by atoms with E-state index < -0.39 is 17.5 Å². The predicted molar refractivity (Wildman–Crippen MR) is 104 cm³/mol. The van der Waals surface area contributed by atoms with Crippen LogP contribution in [0, 0.1) is 13.8 Å². The number of hydrogen-bond acceptors (Lipinski definition) is 3. The highest BCUT2D eigenvalue weighted by molar-refractivity contribution is 6.30. The van der Waals surface area contributed by atoms with Crippen molar-refractivity contribution in [2.45, 2.75) is 32.7 Å². The molecule has 1 fully saturated rings. The lowest BCUT2D eigenvalue weighted by Gasteiger charge is -2.25. The summed E-state index contributed by atoms with van der Waals surface area (Å²) in [6, 6.07) is 11.8. The van der Waals surface area contributed by atoms with Gasteiger partial charge in [-0.1, -0.05) is 48.4 Å². The van der Waals surface area contributed by atoms with Crippen molar-refractivity contribution in [3.05, 3.63) is 69.7 Å². The molecular weight excluding hydrogens is 364 g/mol. The number of amides is 3. The topological polar surface area (TPSA) is 66.5 Å². The first kappa shape index (κ1) is 19.1. The Morgan fingerprint density at radius 1 is 1.11 bits per heavy atom. The van der Waals surface area contributed by atoms with Gasteiger partial charge in [-0.05, 0) is 49.6 Å². The summed E-state index contributed by atoms with van der Waals surface area (Å²) in [6.45, 7) is 5.27. The van der Waals surface area contributed by atoms with Crippen molar-refractivity contribution in [2.75, 3.05) is 6.54 Å². The Hall–Kier alpha value is -2.66. The van der Waals surface area contributed by atoms with Crippen molar-refractivity contribution in [1.29, 1.82) is 0 Å². The number of imide groups is 1. The summed E-state index contributed by atoms with van der Waals surface area (Å²) >= 11 is 5.94. The van der Waals surface area contributed by atoms with E-state index >= 15 is 0 Å². The van der Waals surface area contributed by atoms with E-state index in [1.54, 1.807) is 30.3 Å². The number of rotatable bonds is 5. The Bertz CT molecular complexity index is 924. The van der Waals surface area contributed by atoms with Crippen LogP contribution in [-0.2, 0) is 10.3 Å². The van der Waals surface area contributed by atoms with Gasteiger partial charge in [0.1, 0.15) is 5.54 Å². The minimum atomic E-state index is -1.18. The number of halogens is 1. The van der Waals surface area contributed by atoms with E-state index in [1.165, 1.54) is 0 Å². The van der Waals surface area contributed by atoms with Crippen molar-refractivity contribution < 1.29 is 14.4 Å². The average Bonchev–Trinajstić information content (AvgIpc) is 2.89. The zero-order chi connectivity index (χ0) is 19.8. The Morgan fingerprint density at radius 3 is 2.41 bits per heavy atom. The molecule has 0 spiro atoms. The highest BCUT2D eigenvalue weighted by Crippen LogP contribution is 2.33. The van der Waals surface area contributed by atoms with Gasteiger partial charge in [-0.2, -0.15) is 0 Å². The fourth-order valence-electron chi connectivity index (χ4n) is 3.41. The number of carbonyl (C=O) groups excluding carboxylic acids is 3. The van der Waals surface area contributed by atoms with Gasteiger partial charge in [-0.15, -0.1) is 0 Å². The van der Waals surface area contributed by atoms with E-state index in [9.17, 15) is 14.4 Å². The van der Waals surface area contributed by atoms with Crippen LogP contribution in [0.25, 0.3) is 0 Å². The minimum absolute atomic E-state index is 0.261. The van der Waals surface area contributed by atoms with Crippen molar-refractivity contribution in [1.82, 2.24) is 10.2 Å². The number of hydrogen-bond donors (Lipinski definition) is 1. The summed E-state index contributed by atoms with van der Waals surface area (Å²) in [4.78, 5) is 39.4. The fourth-order valence-corrected chi connectivity index (χ4v) is 3.53. The van der Waals surface area contributed by atoms with E-state index in [0.717, 1.165) is 16.0 Å². The molecule has 1 atom stereocenters. The molecule has 0 bridgehead atoms. The number of benzene rings is 2. The van der Waals surface area contributed by atoms with Crippen molar-refractivity contribution in [2.24, 2.45) is 0 Å². The molecule has 1 saturated heterocycles. The van der Waals surface area contributed by atoms with Crippen LogP contribution in [0.5, 0.6) is 0 Å². The molecule has 0 aromatic heterocycles. The Balaban J connectivity index is 1.90. The van der Waals surface area contributed by atoms with Gasteiger partial charge in [0.05, 0.1) is 6.54 Å². The third kappa shape index (κ3) is 3.35. The summed E-state index contributed by atoms with van der Waals surface area (Å²) in [5.74, 6) is -0.682. The molecule has 140 valence electrons. The Labute approximate surface area is 163 Å². The molecule has 6 heteroatoms. The van der Waals surface area contributed by atoms with Gasteiger partial charge in [0.15, 0.2) is 5.78 Å². The molecule has 0 aliphatic carbocycles. The predicted octanol–water partition coefficient (Wildman–Crippen LogP) is 4.00. The minimum Gasteiger partial charge on any atom is -0.319 e. The molecular formula is C21H21ClN2O3. The summed E-state index contributed by atoms with van der Waals surface area (Å²) in [5, 5.41) is 3.32. The van der Waals surface area contributed by atoms with Crippen molar-refractivity contribution in [3.63, 3.8) is 0 Å². The fraction of sp³-hybridized carbons (Fsp3) is 0.286. The number of urea groups is 1. The molecule has 1 aliphatic rings. The van der Waals surface area contributed by atoms with Crippen molar-refractivity contribution in [3.8, 4) is 0 Å². The lowest BCUT2D eigenvalue weighted by Crippen LogP contribution is -2.43. The van der Waals surface area contributed by atoms with Crippen LogP contribution in [0.15, 0.2) is 42.5 Å². The molecule has 0 saturated carbocycles. The maximum Gasteiger partial charge on any atom is 0.325 e. The van der Waals surface area contributed by atoms with Crippen LogP contribution in [-0.4, -0.2) is 29.2 Å². The lowest BCUT2D eigenvalue weighted by molar-refractivity contribution is -0.131. The Morgan fingerprint density at radius 2 is 1.78 bits per heavy atom. The third-order valence-electron chi connectivity index (χ3n) is 5.04. The van der Waals surface area contributed by atoms with Gasteiger partial charge in [0.2, 0.25) is 0 Å². The van der Waals surface area contributed by atoms with E-state index in [4.69, 9.17) is 11.6 Å². The zero-order valence-electron chi connectivity index (χ0n) is 15.5. The first-order chi connectivity index (χ1) is 12.8. The van der Waals surface area contributed by atoms with Gasteiger partial charge >= 0.3 is 6.03 Å². The van der Waals surface area contributed by atoms with Gasteiger partial charge in [-0.25, -0.2) is 4.79 Å². The van der Waals surface area contributed by atoms with Gasteiger partial charge in [-0.3, -0.25) is 14.5 Å². The second-order valence-corrected chi connectivity index (χ2v) is 7.27. The second-order valence-electron chi connectivity index (χ2n) is 6.83. The normalized spacial score (nSPS) is 19.3. The summed E-state index contributed by atoms with van der Waals surface area (Å²) in [5.41, 5.74) is 1.76. The number of carbonyl (C=O) groups is 3. The van der Waals surface area contributed by atoms with Crippen LogP contribution in [0.3, 0.4) is 0 Å². The summed E-state index contributed by atoms with van der Waals surface area (Å²) in [7, 11) is 0. The zero-order valence-corrected chi connectivity index (χ0v) is 16.3. The van der Waals surface area contributed by atoms with Crippen molar-refractivity contribution >= 4 is 29.3 Å². The van der Waals surface area contributed by atoms with Crippen LogP contribution in [0.1, 0.15) is 40.4 Å². The highest BCUT2D eigenvalue weighted by atomic mass is 35.5. The first-order valence-electron chi connectivity index (χ1n) is 8.79. The first-order valence-corrected chi connectivity index (χ1v) is 9.17. The molecule has 1 N–H and O–H groups in total. The smallest absolute Gasteiger partial charge is 0.319 e. The van der Waals surface area contributed by atoms with E-state index in [-0.39, 0.29) is 12.3 Å². The maximum atomic E-state index is 13.1. The number of Topliss-reactive ketones (excluding diaryl/α,β-unsaturated/α-hetero) is 1. The number of nitrogens with zero attached hydrogens (tertiary/aromatic N) is 1. The molecule has 1 aliphatic heterocycles. The van der Waals surface area contributed by atoms with Gasteiger partial charge in [0.25, 0.3) is 5.91 Å². The summed E-state index contributed by atoms with van der Waals surface area (Å²) in [6.07, 6.45) is 0.368. The molecule has 1 unspecified atom stereocenters. The standard InChI is InChI=1S/C21H21ClN2O3/c1-4-21(15-7-9-16(22)10-8-15)19(26)24(20(27)23-21)12-18(25)17-11-13(2)5-6-14(17)3/h5-11H,4,12H2,1-3H3,(H,23,27). The van der Waals surface area contributed by atoms with Crippen LogP contribution >= 0.6 is 11.6 Å². The average molecular weight is 385 g/mol. The quantitative estimate of drug-likeness (QED) is 0.626. The molecule has 2 aromatic carbocycles. The van der Waals surface area contributed by atoms with Crippen LogP contribution < -0.4 is 5.32 Å². The molecule has 0 radical (unpaired) electrons. The summed E-state index contributed by atoms with van der Waals surface area (Å²) < 4.78 is 0. The molecule has 5 nitrogen and oxygen atoms in total. The molecule has 1 heterocycles. The van der Waals surface area contributed by atoms with Crippen LogP contribution in [0.2, 0.25) is 5.02 Å². The van der Waals surface area contributed by atoms with E-state index in [0.29, 0.717) is 22.6 Å². The number of ketones is 1. The number of nitrogens with one attached hydrogen (secondary N) is 1.